The second kappa shape index (κ2) is 5.95. The normalized spacial score (nSPS) is 20.9. The third-order valence-electron chi connectivity index (χ3n) is 3.30. The number of esters is 1. The van der Waals surface area contributed by atoms with Crippen LogP contribution in [0.15, 0.2) is 6.33 Å². The Bertz CT molecular complexity index is 405. The molecule has 0 aromatic carbocycles. The van der Waals surface area contributed by atoms with Crippen LogP contribution >= 0.6 is 0 Å². The molecule has 0 saturated carbocycles. The average Bonchev–Trinajstić information content (AvgIpc) is 2.76. The quantitative estimate of drug-likeness (QED) is 0.734. The van der Waals surface area contributed by atoms with E-state index in [4.69, 9.17) is 4.74 Å². The first kappa shape index (κ1) is 13.0. The Morgan fingerprint density at radius 3 is 3.11 bits per heavy atom. The van der Waals surface area contributed by atoms with Crippen LogP contribution in [-0.4, -0.2) is 45.3 Å². The van der Waals surface area contributed by atoms with Gasteiger partial charge < -0.3 is 9.30 Å². The molecule has 0 amide bonds. The molecule has 0 radical (unpaired) electrons. The maximum absolute atomic E-state index is 11.7. The van der Waals surface area contributed by atoms with Crippen LogP contribution in [0, 0.1) is 5.92 Å². The van der Waals surface area contributed by atoms with Crippen molar-refractivity contribution in [3.05, 3.63) is 12.2 Å². The highest BCUT2D eigenvalue weighted by molar-refractivity contribution is 5.72. The first-order valence-corrected chi connectivity index (χ1v) is 6.42. The SMILES string of the molecule is CCOC(=O)[C@H]1CCCN(Cc2nncn2C)C1. The highest BCUT2D eigenvalue weighted by Gasteiger charge is 2.27. The molecular weight excluding hydrogens is 232 g/mol. The zero-order chi connectivity index (χ0) is 13.0. The van der Waals surface area contributed by atoms with Gasteiger partial charge in [-0.25, -0.2) is 0 Å². The topological polar surface area (TPSA) is 60.2 Å². The number of piperidine rings is 1. The number of hydrogen-bond acceptors (Lipinski definition) is 5. The summed E-state index contributed by atoms with van der Waals surface area (Å²) in [6, 6.07) is 0. The minimum atomic E-state index is -0.0693. The van der Waals surface area contributed by atoms with E-state index < -0.39 is 0 Å². The Kier molecular flexibility index (Phi) is 4.30. The van der Waals surface area contributed by atoms with Crippen LogP contribution < -0.4 is 0 Å². The van der Waals surface area contributed by atoms with Crippen LogP contribution in [0.5, 0.6) is 0 Å². The molecule has 0 aliphatic carbocycles. The van der Waals surface area contributed by atoms with Crippen molar-refractivity contribution < 1.29 is 9.53 Å². The molecule has 2 heterocycles. The summed E-state index contributed by atoms with van der Waals surface area (Å²) in [7, 11) is 1.93. The number of aryl methyl sites for hydroxylation is 1. The zero-order valence-corrected chi connectivity index (χ0v) is 11.0. The Morgan fingerprint density at radius 2 is 2.44 bits per heavy atom. The molecule has 100 valence electrons. The van der Waals surface area contributed by atoms with Gasteiger partial charge in [-0.2, -0.15) is 0 Å². The van der Waals surface area contributed by atoms with E-state index in [0.29, 0.717) is 6.61 Å². The number of nitrogens with zero attached hydrogens (tertiary/aromatic N) is 4. The predicted molar refractivity (Wildman–Crippen MR) is 65.6 cm³/mol. The molecular formula is C12H20N4O2. The first-order chi connectivity index (χ1) is 8.70. The molecule has 1 aromatic rings. The van der Waals surface area contributed by atoms with Gasteiger partial charge in [0.05, 0.1) is 19.1 Å². The van der Waals surface area contributed by atoms with Crippen molar-refractivity contribution in [3.8, 4) is 0 Å². The van der Waals surface area contributed by atoms with E-state index in [1.165, 1.54) is 0 Å². The summed E-state index contributed by atoms with van der Waals surface area (Å²) in [5.41, 5.74) is 0. The molecule has 0 spiro atoms. The van der Waals surface area contributed by atoms with Gasteiger partial charge in [-0.15, -0.1) is 10.2 Å². The van der Waals surface area contributed by atoms with E-state index in [9.17, 15) is 4.79 Å². The molecule has 2 rings (SSSR count). The van der Waals surface area contributed by atoms with Crippen molar-refractivity contribution in [2.24, 2.45) is 13.0 Å². The molecule has 6 heteroatoms. The zero-order valence-electron chi connectivity index (χ0n) is 11.0. The van der Waals surface area contributed by atoms with Gasteiger partial charge in [0, 0.05) is 13.6 Å². The first-order valence-electron chi connectivity index (χ1n) is 6.42. The standard InChI is InChI=1S/C12H20N4O2/c1-3-18-12(17)10-5-4-6-16(7-10)8-11-14-13-9-15(11)2/h9-10H,3-8H2,1-2H3/t10-/m0/s1. The smallest absolute Gasteiger partial charge is 0.310 e. The number of likely N-dealkylation sites (tertiary alicyclic amines) is 1. The maximum Gasteiger partial charge on any atom is 0.310 e. The van der Waals surface area contributed by atoms with Gasteiger partial charge in [0.1, 0.15) is 12.2 Å². The average molecular weight is 252 g/mol. The van der Waals surface area contributed by atoms with Crippen molar-refractivity contribution in [2.75, 3.05) is 19.7 Å². The van der Waals surface area contributed by atoms with Crippen molar-refractivity contribution in [2.45, 2.75) is 26.3 Å². The number of carbonyl (C=O) groups excluding carboxylic acids is 1. The lowest BCUT2D eigenvalue weighted by atomic mass is 9.98. The van der Waals surface area contributed by atoms with Gasteiger partial charge in [0.2, 0.25) is 0 Å². The van der Waals surface area contributed by atoms with Crippen LogP contribution in [0.3, 0.4) is 0 Å². The monoisotopic (exact) mass is 252 g/mol. The number of ether oxygens (including phenoxy) is 1. The lowest BCUT2D eigenvalue weighted by Crippen LogP contribution is -2.39. The third-order valence-corrected chi connectivity index (χ3v) is 3.30. The fourth-order valence-corrected chi connectivity index (χ4v) is 2.30. The van der Waals surface area contributed by atoms with E-state index >= 15 is 0 Å². The second-order valence-corrected chi connectivity index (χ2v) is 4.68. The summed E-state index contributed by atoms with van der Waals surface area (Å²) in [4.78, 5) is 14.0. The van der Waals surface area contributed by atoms with E-state index in [0.717, 1.165) is 38.3 Å². The van der Waals surface area contributed by atoms with E-state index in [1.54, 1.807) is 6.33 Å². The minimum Gasteiger partial charge on any atom is -0.466 e. The molecule has 1 aliphatic rings. The predicted octanol–water partition coefficient (Wildman–Crippen LogP) is 0.590. The minimum absolute atomic E-state index is 0.00641. The fraction of sp³-hybridized carbons (Fsp3) is 0.750. The summed E-state index contributed by atoms with van der Waals surface area (Å²) in [6.07, 6.45) is 3.65. The van der Waals surface area contributed by atoms with Gasteiger partial charge in [0.25, 0.3) is 0 Å². The third kappa shape index (κ3) is 3.07. The fourth-order valence-electron chi connectivity index (χ4n) is 2.30. The van der Waals surface area contributed by atoms with Gasteiger partial charge in [-0.1, -0.05) is 0 Å². The van der Waals surface area contributed by atoms with Crippen LogP contribution in [0.25, 0.3) is 0 Å². The number of aromatic nitrogens is 3. The molecule has 1 fully saturated rings. The van der Waals surface area contributed by atoms with Gasteiger partial charge >= 0.3 is 5.97 Å². The summed E-state index contributed by atoms with van der Waals surface area (Å²) in [5.74, 6) is 0.867. The Hall–Kier alpha value is -1.43. The Morgan fingerprint density at radius 1 is 1.61 bits per heavy atom. The highest BCUT2D eigenvalue weighted by Crippen LogP contribution is 2.19. The Labute approximate surface area is 107 Å². The summed E-state index contributed by atoms with van der Waals surface area (Å²) < 4.78 is 7.00. The molecule has 6 nitrogen and oxygen atoms in total. The van der Waals surface area contributed by atoms with Crippen LogP contribution in [0.1, 0.15) is 25.6 Å². The van der Waals surface area contributed by atoms with E-state index in [1.807, 2.05) is 18.5 Å². The molecule has 1 aromatic heterocycles. The summed E-state index contributed by atoms with van der Waals surface area (Å²) in [6.45, 7) is 4.80. The van der Waals surface area contributed by atoms with Crippen LogP contribution in [0.4, 0.5) is 0 Å². The van der Waals surface area contributed by atoms with Crippen molar-refractivity contribution in [1.82, 2.24) is 19.7 Å². The lowest BCUT2D eigenvalue weighted by Gasteiger charge is -2.30. The highest BCUT2D eigenvalue weighted by atomic mass is 16.5. The molecule has 1 atom stereocenters. The van der Waals surface area contributed by atoms with Gasteiger partial charge in [-0.3, -0.25) is 9.69 Å². The van der Waals surface area contributed by atoms with E-state index in [-0.39, 0.29) is 11.9 Å². The van der Waals surface area contributed by atoms with E-state index in [2.05, 4.69) is 15.1 Å². The van der Waals surface area contributed by atoms with Crippen LogP contribution in [-0.2, 0) is 23.1 Å². The number of rotatable bonds is 4. The molecule has 18 heavy (non-hydrogen) atoms. The van der Waals surface area contributed by atoms with Gasteiger partial charge in [0.15, 0.2) is 0 Å². The molecule has 0 bridgehead atoms. The lowest BCUT2D eigenvalue weighted by molar-refractivity contribution is -0.150. The number of carbonyl (C=O) groups is 1. The van der Waals surface area contributed by atoms with Crippen LogP contribution in [0.2, 0.25) is 0 Å². The van der Waals surface area contributed by atoms with Crippen molar-refractivity contribution >= 4 is 5.97 Å². The molecule has 0 N–H and O–H groups in total. The molecule has 0 unspecified atom stereocenters. The summed E-state index contributed by atoms with van der Waals surface area (Å²) in [5, 5.41) is 7.94. The maximum atomic E-state index is 11.7. The molecule has 1 saturated heterocycles. The van der Waals surface area contributed by atoms with Crippen molar-refractivity contribution in [1.29, 1.82) is 0 Å². The second-order valence-electron chi connectivity index (χ2n) is 4.68. The molecule has 1 aliphatic heterocycles. The summed E-state index contributed by atoms with van der Waals surface area (Å²) >= 11 is 0. The Balaban J connectivity index is 1.91. The van der Waals surface area contributed by atoms with Gasteiger partial charge in [-0.05, 0) is 26.3 Å². The number of hydrogen-bond donors (Lipinski definition) is 0. The van der Waals surface area contributed by atoms with Crippen molar-refractivity contribution in [3.63, 3.8) is 0 Å². The largest absolute Gasteiger partial charge is 0.466 e.